The number of nitrogens with one attached hydrogen (secondary N) is 1. The van der Waals surface area contributed by atoms with Crippen molar-refractivity contribution < 1.29 is 13.2 Å². The Hall–Kier alpha value is -0.620. The summed E-state index contributed by atoms with van der Waals surface area (Å²) in [5.41, 5.74) is 0. The van der Waals surface area contributed by atoms with Crippen LogP contribution in [0, 0.1) is 5.92 Å². The molecule has 2 rings (SSSR count). The van der Waals surface area contributed by atoms with Gasteiger partial charge in [0, 0.05) is 19.1 Å². The van der Waals surface area contributed by atoms with Crippen LogP contribution in [0.4, 0.5) is 0 Å². The summed E-state index contributed by atoms with van der Waals surface area (Å²) in [5.74, 6) is -0.0720. The van der Waals surface area contributed by atoms with Gasteiger partial charge in [-0.05, 0) is 39.2 Å². The third kappa shape index (κ3) is 3.48. The van der Waals surface area contributed by atoms with Gasteiger partial charge in [0.1, 0.15) is 0 Å². The van der Waals surface area contributed by atoms with E-state index in [4.69, 9.17) is 0 Å². The van der Waals surface area contributed by atoms with Crippen molar-refractivity contribution in [3.8, 4) is 0 Å². The van der Waals surface area contributed by atoms with Crippen LogP contribution in [-0.4, -0.2) is 56.9 Å². The highest BCUT2D eigenvalue weighted by molar-refractivity contribution is 7.91. The lowest BCUT2D eigenvalue weighted by atomic mass is 9.90. The van der Waals surface area contributed by atoms with Crippen molar-refractivity contribution in [3.05, 3.63) is 0 Å². The van der Waals surface area contributed by atoms with Crippen LogP contribution < -0.4 is 5.32 Å². The zero-order valence-electron chi connectivity index (χ0n) is 11.8. The van der Waals surface area contributed by atoms with Gasteiger partial charge in [-0.1, -0.05) is 0 Å². The van der Waals surface area contributed by atoms with Gasteiger partial charge < -0.3 is 10.2 Å². The molecular formula is C13H24N2O3S. The van der Waals surface area contributed by atoms with E-state index in [1.54, 1.807) is 4.90 Å². The Morgan fingerprint density at radius 2 is 1.79 bits per heavy atom. The van der Waals surface area contributed by atoms with Crippen molar-refractivity contribution >= 4 is 15.7 Å². The molecule has 1 unspecified atom stereocenters. The number of hydrogen-bond acceptors (Lipinski definition) is 4. The highest BCUT2D eigenvalue weighted by Gasteiger charge is 2.36. The SMILES string of the molecule is CNC1CCC(N(C)C(=O)C2CCS(=O)(=O)C2)CC1. The Kier molecular flexibility index (Phi) is 4.50. The topological polar surface area (TPSA) is 66.5 Å². The van der Waals surface area contributed by atoms with Crippen LogP contribution in [0.1, 0.15) is 32.1 Å². The maximum Gasteiger partial charge on any atom is 0.226 e. The lowest BCUT2D eigenvalue weighted by molar-refractivity contribution is -0.136. The van der Waals surface area contributed by atoms with Crippen LogP contribution in [0.5, 0.6) is 0 Å². The zero-order valence-corrected chi connectivity index (χ0v) is 12.6. The first-order chi connectivity index (χ1) is 8.93. The molecule has 2 aliphatic rings. The summed E-state index contributed by atoms with van der Waals surface area (Å²) in [6.45, 7) is 0. The maximum absolute atomic E-state index is 12.3. The predicted molar refractivity (Wildman–Crippen MR) is 74.6 cm³/mol. The number of carbonyl (C=O) groups is 1. The first-order valence-electron chi connectivity index (χ1n) is 7.07. The number of carbonyl (C=O) groups excluding carboxylic acids is 1. The van der Waals surface area contributed by atoms with Crippen LogP contribution in [0.2, 0.25) is 0 Å². The van der Waals surface area contributed by atoms with Crippen molar-refractivity contribution in [3.63, 3.8) is 0 Å². The van der Waals surface area contributed by atoms with Gasteiger partial charge in [0.2, 0.25) is 5.91 Å². The number of sulfone groups is 1. The normalized spacial score (nSPS) is 34.1. The molecule has 1 saturated heterocycles. The second-order valence-corrected chi connectivity index (χ2v) is 8.07. The Morgan fingerprint density at radius 3 is 2.26 bits per heavy atom. The van der Waals surface area contributed by atoms with Crippen LogP contribution >= 0.6 is 0 Å². The maximum atomic E-state index is 12.3. The van der Waals surface area contributed by atoms with Gasteiger partial charge in [0.05, 0.1) is 17.4 Å². The lowest BCUT2D eigenvalue weighted by Gasteiger charge is -2.35. The van der Waals surface area contributed by atoms with Crippen molar-refractivity contribution in [2.24, 2.45) is 5.92 Å². The fraction of sp³-hybridized carbons (Fsp3) is 0.923. The average molecular weight is 288 g/mol. The molecule has 0 aromatic heterocycles. The summed E-state index contributed by atoms with van der Waals surface area (Å²) in [7, 11) is 0.831. The molecule has 1 heterocycles. The van der Waals surface area contributed by atoms with Crippen molar-refractivity contribution in [2.75, 3.05) is 25.6 Å². The van der Waals surface area contributed by atoms with Gasteiger partial charge in [-0.2, -0.15) is 0 Å². The molecular weight excluding hydrogens is 264 g/mol. The molecule has 0 aromatic carbocycles. The van der Waals surface area contributed by atoms with Crippen LogP contribution in [-0.2, 0) is 14.6 Å². The summed E-state index contributed by atoms with van der Waals surface area (Å²) in [6.07, 6.45) is 4.68. The lowest BCUT2D eigenvalue weighted by Crippen LogP contribution is -2.45. The summed E-state index contributed by atoms with van der Waals surface area (Å²) >= 11 is 0. The van der Waals surface area contributed by atoms with Gasteiger partial charge in [-0.25, -0.2) is 8.42 Å². The molecule has 5 nitrogen and oxygen atoms in total. The molecule has 2 fully saturated rings. The first-order valence-corrected chi connectivity index (χ1v) is 8.89. The molecule has 0 radical (unpaired) electrons. The van der Waals surface area contributed by atoms with Crippen molar-refractivity contribution in [1.82, 2.24) is 10.2 Å². The van der Waals surface area contributed by atoms with Crippen LogP contribution in [0.3, 0.4) is 0 Å². The third-order valence-electron chi connectivity index (χ3n) is 4.58. The van der Waals surface area contributed by atoms with E-state index >= 15 is 0 Å². The number of hydrogen-bond donors (Lipinski definition) is 1. The molecule has 0 spiro atoms. The molecule has 0 bridgehead atoms. The van der Waals surface area contributed by atoms with Gasteiger partial charge in [-0.15, -0.1) is 0 Å². The van der Waals surface area contributed by atoms with Crippen LogP contribution in [0.25, 0.3) is 0 Å². The van der Waals surface area contributed by atoms with Gasteiger partial charge in [-0.3, -0.25) is 4.79 Å². The Bertz CT molecular complexity index is 427. The minimum absolute atomic E-state index is 0.0222. The van der Waals surface area contributed by atoms with E-state index in [2.05, 4.69) is 5.32 Å². The molecule has 1 atom stereocenters. The van der Waals surface area contributed by atoms with E-state index in [0.29, 0.717) is 12.5 Å². The second-order valence-electron chi connectivity index (χ2n) is 5.84. The standard InChI is InChI=1S/C13H24N2O3S/c1-14-11-3-5-12(6-4-11)15(2)13(16)10-7-8-19(17,18)9-10/h10-12,14H,3-9H2,1-2H3. The molecule has 110 valence electrons. The molecule has 19 heavy (non-hydrogen) atoms. The minimum atomic E-state index is -2.97. The Balaban J connectivity index is 1.90. The number of nitrogens with zero attached hydrogens (tertiary/aromatic N) is 1. The largest absolute Gasteiger partial charge is 0.343 e. The van der Waals surface area contributed by atoms with E-state index in [1.165, 1.54) is 0 Å². The van der Waals surface area contributed by atoms with E-state index in [9.17, 15) is 13.2 Å². The van der Waals surface area contributed by atoms with E-state index < -0.39 is 9.84 Å². The second kappa shape index (κ2) is 5.79. The highest BCUT2D eigenvalue weighted by Crippen LogP contribution is 2.26. The minimum Gasteiger partial charge on any atom is -0.343 e. The molecule has 1 aliphatic heterocycles. The summed E-state index contributed by atoms with van der Waals surface area (Å²) in [4.78, 5) is 14.1. The molecule has 6 heteroatoms. The zero-order chi connectivity index (χ0) is 14.0. The van der Waals surface area contributed by atoms with Gasteiger partial charge >= 0.3 is 0 Å². The summed E-state index contributed by atoms with van der Waals surface area (Å²) in [5, 5.41) is 3.28. The predicted octanol–water partition coefficient (Wildman–Crippen LogP) is 0.410. The summed E-state index contributed by atoms with van der Waals surface area (Å²) in [6, 6.07) is 0.840. The Labute approximate surface area is 115 Å². The average Bonchev–Trinajstić information content (AvgIpc) is 2.77. The third-order valence-corrected chi connectivity index (χ3v) is 6.35. The fourth-order valence-electron chi connectivity index (χ4n) is 3.21. The van der Waals surface area contributed by atoms with Gasteiger partial charge in [0.15, 0.2) is 9.84 Å². The first kappa shape index (κ1) is 14.8. The number of amides is 1. The quantitative estimate of drug-likeness (QED) is 0.817. The molecule has 1 aliphatic carbocycles. The van der Waals surface area contributed by atoms with Crippen molar-refractivity contribution in [1.29, 1.82) is 0 Å². The summed E-state index contributed by atoms with van der Waals surface area (Å²) < 4.78 is 22.9. The molecule has 1 amide bonds. The monoisotopic (exact) mass is 288 g/mol. The van der Waals surface area contributed by atoms with Gasteiger partial charge in [0.25, 0.3) is 0 Å². The van der Waals surface area contributed by atoms with E-state index in [-0.39, 0.29) is 29.4 Å². The number of rotatable bonds is 3. The fourth-order valence-corrected chi connectivity index (χ4v) is 4.94. The smallest absolute Gasteiger partial charge is 0.226 e. The highest BCUT2D eigenvalue weighted by atomic mass is 32.2. The molecule has 0 aromatic rings. The molecule has 1 N–H and O–H groups in total. The van der Waals surface area contributed by atoms with E-state index in [1.807, 2.05) is 14.1 Å². The van der Waals surface area contributed by atoms with Crippen LogP contribution in [0.15, 0.2) is 0 Å². The van der Waals surface area contributed by atoms with E-state index in [0.717, 1.165) is 25.7 Å². The Morgan fingerprint density at radius 1 is 1.16 bits per heavy atom. The van der Waals surface area contributed by atoms with Crippen molar-refractivity contribution in [2.45, 2.75) is 44.2 Å². The molecule has 1 saturated carbocycles.